The second-order valence-corrected chi connectivity index (χ2v) is 4.03. The standard InChI is InChI=1S/C11H11N5O/c1-16-9-4-2-8(11-12-14-15-13-11)6-7(9)3-5-10(16)17/h2,4,6H,3,5H2,1H3,(H,12,13,14,15). The molecular formula is C11H11N5O. The van der Waals surface area contributed by atoms with Crippen LogP contribution in [-0.4, -0.2) is 33.6 Å². The summed E-state index contributed by atoms with van der Waals surface area (Å²) in [6.07, 6.45) is 1.32. The fourth-order valence-electron chi connectivity index (χ4n) is 2.08. The number of aryl methyl sites for hydroxylation is 1. The van der Waals surface area contributed by atoms with Crippen molar-refractivity contribution < 1.29 is 4.79 Å². The second kappa shape index (κ2) is 3.65. The Morgan fingerprint density at radius 3 is 3.00 bits per heavy atom. The van der Waals surface area contributed by atoms with E-state index in [0.717, 1.165) is 23.2 Å². The summed E-state index contributed by atoms with van der Waals surface area (Å²) in [5.74, 6) is 0.733. The van der Waals surface area contributed by atoms with E-state index in [-0.39, 0.29) is 5.91 Å². The van der Waals surface area contributed by atoms with E-state index in [1.165, 1.54) is 0 Å². The molecule has 0 bridgehead atoms. The summed E-state index contributed by atoms with van der Waals surface area (Å²) in [4.78, 5) is 13.2. The molecule has 0 saturated carbocycles. The first-order valence-electron chi connectivity index (χ1n) is 5.39. The molecule has 0 atom stereocenters. The highest BCUT2D eigenvalue weighted by atomic mass is 16.2. The molecule has 0 spiro atoms. The van der Waals surface area contributed by atoms with E-state index >= 15 is 0 Å². The molecule has 1 N–H and O–H groups in total. The van der Waals surface area contributed by atoms with Gasteiger partial charge in [-0.15, -0.1) is 10.2 Å². The maximum atomic E-state index is 11.6. The van der Waals surface area contributed by atoms with Crippen LogP contribution in [0.15, 0.2) is 18.2 Å². The Labute approximate surface area is 97.6 Å². The number of benzene rings is 1. The van der Waals surface area contributed by atoms with E-state index in [4.69, 9.17) is 0 Å². The minimum atomic E-state index is 0.157. The maximum Gasteiger partial charge on any atom is 0.227 e. The van der Waals surface area contributed by atoms with Gasteiger partial charge in [0.05, 0.1) is 0 Å². The lowest BCUT2D eigenvalue weighted by molar-refractivity contribution is -0.118. The molecule has 1 aromatic carbocycles. The first kappa shape index (κ1) is 9.95. The molecule has 2 aromatic rings. The molecule has 1 aliphatic rings. The molecule has 0 aliphatic carbocycles. The smallest absolute Gasteiger partial charge is 0.227 e. The van der Waals surface area contributed by atoms with Crippen molar-refractivity contribution in [3.63, 3.8) is 0 Å². The number of hydrogen-bond acceptors (Lipinski definition) is 4. The van der Waals surface area contributed by atoms with Gasteiger partial charge in [0.1, 0.15) is 0 Å². The zero-order valence-corrected chi connectivity index (χ0v) is 9.34. The van der Waals surface area contributed by atoms with Crippen molar-refractivity contribution in [1.29, 1.82) is 0 Å². The molecule has 1 aromatic heterocycles. The third kappa shape index (κ3) is 1.57. The quantitative estimate of drug-likeness (QED) is 0.784. The van der Waals surface area contributed by atoms with Crippen LogP contribution in [0, 0.1) is 0 Å². The summed E-state index contributed by atoms with van der Waals surface area (Å²) in [5.41, 5.74) is 3.03. The minimum absolute atomic E-state index is 0.157. The monoisotopic (exact) mass is 229 g/mol. The number of aromatic nitrogens is 4. The zero-order valence-electron chi connectivity index (χ0n) is 9.34. The van der Waals surface area contributed by atoms with Crippen molar-refractivity contribution in [1.82, 2.24) is 20.6 Å². The maximum absolute atomic E-state index is 11.6. The van der Waals surface area contributed by atoms with Gasteiger partial charge in [-0.1, -0.05) is 0 Å². The Kier molecular flexibility index (Phi) is 2.14. The van der Waals surface area contributed by atoms with E-state index in [9.17, 15) is 4.79 Å². The first-order valence-corrected chi connectivity index (χ1v) is 5.39. The molecule has 0 radical (unpaired) electrons. The summed E-state index contributed by atoms with van der Waals surface area (Å²) < 4.78 is 0. The van der Waals surface area contributed by atoms with Gasteiger partial charge in [0.15, 0.2) is 0 Å². The molecule has 86 valence electrons. The van der Waals surface area contributed by atoms with Gasteiger partial charge in [0, 0.05) is 24.7 Å². The Bertz CT molecular complexity index is 563. The van der Waals surface area contributed by atoms with Gasteiger partial charge in [0.2, 0.25) is 11.7 Å². The highest BCUT2D eigenvalue weighted by Crippen LogP contribution is 2.29. The number of H-pyrrole nitrogens is 1. The van der Waals surface area contributed by atoms with Gasteiger partial charge < -0.3 is 4.90 Å². The van der Waals surface area contributed by atoms with Crippen LogP contribution >= 0.6 is 0 Å². The number of carbonyl (C=O) groups is 1. The SMILES string of the molecule is CN1C(=O)CCc2cc(-c3nn[nH]n3)ccc21. The number of nitrogens with one attached hydrogen (secondary N) is 1. The van der Waals surface area contributed by atoms with Crippen LogP contribution in [0.25, 0.3) is 11.4 Å². The van der Waals surface area contributed by atoms with Crippen LogP contribution in [-0.2, 0) is 11.2 Å². The summed E-state index contributed by atoms with van der Waals surface area (Å²) in [7, 11) is 1.80. The lowest BCUT2D eigenvalue weighted by atomic mass is 9.99. The first-order chi connectivity index (χ1) is 8.25. The number of aromatic amines is 1. The Morgan fingerprint density at radius 1 is 1.35 bits per heavy atom. The van der Waals surface area contributed by atoms with Crippen molar-refractivity contribution in [3.8, 4) is 11.4 Å². The van der Waals surface area contributed by atoms with Gasteiger partial charge in [0.25, 0.3) is 0 Å². The third-order valence-electron chi connectivity index (χ3n) is 3.03. The number of nitrogens with zero attached hydrogens (tertiary/aromatic N) is 4. The molecule has 6 heteroatoms. The van der Waals surface area contributed by atoms with E-state index in [0.29, 0.717) is 12.2 Å². The van der Waals surface area contributed by atoms with Crippen LogP contribution in [0.2, 0.25) is 0 Å². The highest BCUT2D eigenvalue weighted by molar-refractivity contribution is 5.96. The minimum Gasteiger partial charge on any atom is -0.315 e. The predicted molar refractivity (Wildman–Crippen MR) is 61.3 cm³/mol. The number of carbonyl (C=O) groups excluding carboxylic acids is 1. The highest BCUT2D eigenvalue weighted by Gasteiger charge is 2.21. The van der Waals surface area contributed by atoms with Crippen LogP contribution in [0.5, 0.6) is 0 Å². The average molecular weight is 229 g/mol. The fourth-order valence-corrected chi connectivity index (χ4v) is 2.08. The van der Waals surface area contributed by atoms with Gasteiger partial charge in [-0.2, -0.15) is 5.21 Å². The number of anilines is 1. The predicted octanol–water partition coefficient (Wildman–Crippen LogP) is 0.776. The van der Waals surface area contributed by atoms with Crippen molar-refractivity contribution in [3.05, 3.63) is 23.8 Å². The molecule has 2 heterocycles. The number of amides is 1. The van der Waals surface area contributed by atoms with Crippen molar-refractivity contribution in [2.24, 2.45) is 0 Å². The van der Waals surface area contributed by atoms with Gasteiger partial charge in [-0.05, 0) is 35.4 Å². The van der Waals surface area contributed by atoms with E-state index in [2.05, 4.69) is 20.6 Å². The summed E-state index contributed by atoms with van der Waals surface area (Å²) >= 11 is 0. The van der Waals surface area contributed by atoms with Gasteiger partial charge in [-0.25, -0.2) is 0 Å². The topological polar surface area (TPSA) is 74.8 Å². The average Bonchev–Trinajstić information content (AvgIpc) is 2.87. The normalized spacial score (nSPS) is 14.9. The molecule has 0 unspecified atom stereocenters. The number of hydrogen-bond donors (Lipinski definition) is 1. The van der Waals surface area contributed by atoms with Crippen LogP contribution in [0.3, 0.4) is 0 Å². The Morgan fingerprint density at radius 2 is 2.24 bits per heavy atom. The summed E-state index contributed by atoms with van der Waals surface area (Å²) in [6, 6.07) is 5.85. The number of rotatable bonds is 1. The van der Waals surface area contributed by atoms with Crippen LogP contribution in [0.4, 0.5) is 5.69 Å². The molecule has 0 saturated heterocycles. The van der Waals surface area contributed by atoms with Crippen molar-refractivity contribution in [2.45, 2.75) is 12.8 Å². The van der Waals surface area contributed by atoms with Crippen LogP contribution in [0.1, 0.15) is 12.0 Å². The van der Waals surface area contributed by atoms with Gasteiger partial charge in [-0.3, -0.25) is 4.79 Å². The van der Waals surface area contributed by atoms with E-state index in [1.807, 2.05) is 18.2 Å². The van der Waals surface area contributed by atoms with E-state index < -0.39 is 0 Å². The Hall–Kier alpha value is -2.24. The van der Waals surface area contributed by atoms with Crippen molar-refractivity contribution in [2.75, 3.05) is 11.9 Å². The molecule has 1 amide bonds. The third-order valence-corrected chi connectivity index (χ3v) is 3.03. The number of fused-ring (bicyclic) bond motifs is 1. The fraction of sp³-hybridized carbons (Fsp3) is 0.273. The molecule has 0 fully saturated rings. The summed E-state index contributed by atoms with van der Waals surface area (Å²) in [5, 5.41) is 13.8. The lowest BCUT2D eigenvalue weighted by Crippen LogP contribution is -2.30. The summed E-state index contributed by atoms with van der Waals surface area (Å²) in [6.45, 7) is 0. The largest absolute Gasteiger partial charge is 0.315 e. The Balaban J connectivity index is 2.06. The lowest BCUT2D eigenvalue weighted by Gasteiger charge is -2.25. The molecular weight excluding hydrogens is 218 g/mol. The van der Waals surface area contributed by atoms with Crippen molar-refractivity contribution >= 4 is 11.6 Å². The number of tetrazole rings is 1. The van der Waals surface area contributed by atoms with E-state index in [1.54, 1.807) is 11.9 Å². The molecule has 1 aliphatic heterocycles. The molecule has 3 rings (SSSR count). The second-order valence-electron chi connectivity index (χ2n) is 4.03. The molecule has 6 nitrogen and oxygen atoms in total. The van der Waals surface area contributed by atoms with Crippen LogP contribution < -0.4 is 4.90 Å². The van der Waals surface area contributed by atoms with Gasteiger partial charge >= 0.3 is 0 Å². The zero-order chi connectivity index (χ0) is 11.8. The molecule has 17 heavy (non-hydrogen) atoms.